The Balaban J connectivity index is 1.72. The van der Waals surface area contributed by atoms with E-state index in [1.165, 1.54) is 11.8 Å². The molecule has 2 heterocycles. The van der Waals surface area contributed by atoms with Crippen molar-refractivity contribution in [1.82, 2.24) is 29.8 Å². The summed E-state index contributed by atoms with van der Waals surface area (Å²) in [5, 5.41) is 11.9. The molecule has 7 nitrogen and oxygen atoms in total. The average Bonchev–Trinajstić information content (AvgIpc) is 3.32. The molecule has 29 heavy (non-hydrogen) atoms. The van der Waals surface area contributed by atoms with Crippen molar-refractivity contribution in [3.63, 3.8) is 0 Å². The van der Waals surface area contributed by atoms with E-state index in [-0.39, 0.29) is 5.82 Å². The molecule has 0 saturated carbocycles. The molecule has 10 heteroatoms. The number of ether oxygens (including phenoxy) is 1. The van der Waals surface area contributed by atoms with Gasteiger partial charge in [-0.1, -0.05) is 30.0 Å². The average molecular weight is 416 g/mol. The summed E-state index contributed by atoms with van der Waals surface area (Å²) in [5.74, 6) is 0.870. The lowest BCUT2D eigenvalue weighted by atomic mass is 10.2. The first-order valence-corrected chi connectivity index (χ1v) is 9.72. The van der Waals surface area contributed by atoms with Crippen LogP contribution in [0.4, 0.5) is 8.78 Å². The topological polar surface area (TPSA) is 70.7 Å². The van der Waals surface area contributed by atoms with Gasteiger partial charge in [0, 0.05) is 0 Å². The second kappa shape index (κ2) is 7.78. The molecule has 0 bridgehead atoms. The van der Waals surface area contributed by atoms with E-state index in [2.05, 4.69) is 20.5 Å². The van der Waals surface area contributed by atoms with Crippen molar-refractivity contribution in [2.45, 2.75) is 30.8 Å². The number of tetrazole rings is 1. The molecule has 0 amide bonds. The van der Waals surface area contributed by atoms with Gasteiger partial charge in [-0.2, -0.15) is 13.5 Å². The van der Waals surface area contributed by atoms with E-state index in [9.17, 15) is 8.78 Å². The zero-order chi connectivity index (χ0) is 20.5. The Morgan fingerprint density at radius 1 is 1.14 bits per heavy atom. The highest BCUT2D eigenvalue weighted by atomic mass is 32.2. The summed E-state index contributed by atoms with van der Waals surface area (Å²) in [6, 6.07) is 12.5. The number of alkyl halides is 2. The molecule has 0 aliphatic carbocycles. The fraction of sp³-hybridized carbons (Fsp3) is 0.263. The van der Waals surface area contributed by atoms with E-state index in [0.717, 1.165) is 10.1 Å². The largest absolute Gasteiger partial charge is 0.494 e. The number of fused-ring (bicyclic) bond motifs is 1. The first-order valence-electron chi connectivity index (χ1n) is 8.84. The van der Waals surface area contributed by atoms with Gasteiger partial charge in [0.25, 0.3) is 0 Å². The minimum absolute atomic E-state index is 0.261. The Labute approximate surface area is 169 Å². The molecule has 0 N–H and O–H groups in total. The molecule has 0 spiro atoms. The summed E-state index contributed by atoms with van der Waals surface area (Å²) < 4.78 is 35.5. The van der Waals surface area contributed by atoms with Gasteiger partial charge in [-0.3, -0.25) is 4.57 Å². The van der Waals surface area contributed by atoms with Crippen LogP contribution >= 0.6 is 11.8 Å². The fourth-order valence-electron chi connectivity index (χ4n) is 3.13. The van der Waals surface area contributed by atoms with Crippen LogP contribution in [0, 0.1) is 6.92 Å². The molecule has 0 saturated heterocycles. The lowest BCUT2D eigenvalue weighted by Crippen LogP contribution is -2.08. The molecule has 150 valence electrons. The monoisotopic (exact) mass is 416 g/mol. The van der Waals surface area contributed by atoms with E-state index in [1.54, 1.807) is 43.0 Å². The number of para-hydroxylation sites is 2. The van der Waals surface area contributed by atoms with Crippen LogP contribution in [0.1, 0.15) is 30.1 Å². The summed E-state index contributed by atoms with van der Waals surface area (Å²) in [4.78, 5) is 4.42. The van der Waals surface area contributed by atoms with Crippen molar-refractivity contribution < 1.29 is 13.5 Å². The minimum Gasteiger partial charge on any atom is -0.494 e. The number of imidazole rings is 1. The fourth-order valence-corrected chi connectivity index (χ4v) is 4.04. The first-order chi connectivity index (χ1) is 14.0. The zero-order valence-corrected chi connectivity index (χ0v) is 16.8. The maximum atomic E-state index is 13.8. The van der Waals surface area contributed by atoms with Crippen molar-refractivity contribution in [2.24, 2.45) is 0 Å². The first kappa shape index (κ1) is 19.3. The number of methoxy groups -OCH3 is 1. The predicted octanol–water partition coefficient (Wildman–Crippen LogP) is 4.58. The standard InChI is InChI=1S/C19H18F2N6OS/c1-11-8-9-16(28-3)15(10-11)27-19(23-24-25-27)29-12(2)17-22-13-6-4-5-7-14(13)26(17)18(20)21/h4-10,12,18H,1-3H3/t12-/m1/s1. The second-order valence-electron chi connectivity index (χ2n) is 6.42. The van der Waals surface area contributed by atoms with Gasteiger partial charge >= 0.3 is 6.55 Å². The number of aryl methyl sites for hydroxylation is 1. The lowest BCUT2D eigenvalue weighted by molar-refractivity contribution is 0.0715. The Bertz CT molecular complexity index is 1160. The van der Waals surface area contributed by atoms with Gasteiger partial charge in [0.2, 0.25) is 5.16 Å². The predicted molar refractivity (Wildman–Crippen MR) is 106 cm³/mol. The van der Waals surface area contributed by atoms with Crippen LogP contribution in [0.2, 0.25) is 0 Å². The highest BCUT2D eigenvalue weighted by molar-refractivity contribution is 7.99. The van der Waals surface area contributed by atoms with Gasteiger partial charge in [-0.15, -0.1) is 5.10 Å². The van der Waals surface area contributed by atoms with Crippen molar-refractivity contribution >= 4 is 22.8 Å². The number of hydrogen-bond acceptors (Lipinski definition) is 6. The highest BCUT2D eigenvalue weighted by Gasteiger charge is 2.25. The molecule has 0 unspecified atom stereocenters. The molecule has 0 radical (unpaired) electrons. The van der Waals surface area contributed by atoms with Crippen LogP contribution in [-0.4, -0.2) is 36.9 Å². The van der Waals surface area contributed by atoms with Gasteiger partial charge in [0.1, 0.15) is 17.3 Å². The normalized spacial score (nSPS) is 12.6. The Morgan fingerprint density at radius 3 is 2.69 bits per heavy atom. The second-order valence-corrected chi connectivity index (χ2v) is 7.72. The summed E-state index contributed by atoms with van der Waals surface area (Å²) in [7, 11) is 1.57. The van der Waals surface area contributed by atoms with Crippen molar-refractivity contribution in [1.29, 1.82) is 0 Å². The Hall–Kier alpha value is -3.01. The molecular formula is C19H18F2N6OS. The zero-order valence-electron chi connectivity index (χ0n) is 16.0. The third kappa shape index (κ3) is 3.55. The summed E-state index contributed by atoms with van der Waals surface area (Å²) in [6.07, 6.45) is 0. The van der Waals surface area contributed by atoms with E-state index in [0.29, 0.717) is 27.6 Å². The van der Waals surface area contributed by atoms with Gasteiger partial charge in [0.05, 0.1) is 23.4 Å². The number of benzene rings is 2. The highest BCUT2D eigenvalue weighted by Crippen LogP contribution is 2.38. The summed E-state index contributed by atoms with van der Waals surface area (Å²) in [5.41, 5.74) is 2.61. The molecular weight excluding hydrogens is 398 g/mol. The number of thioether (sulfide) groups is 1. The lowest BCUT2D eigenvalue weighted by Gasteiger charge is -2.14. The van der Waals surface area contributed by atoms with E-state index in [1.807, 2.05) is 25.1 Å². The van der Waals surface area contributed by atoms with Gasteiger partial charge in [-0.05, 0) is 54.1 Å². The van der Waals surface area contributed by atoms with Crippen molar-refractivity contribution in [3.8, 4) is 11.4 Å². The maximum absolute atomic E-state index is 13.8. The number of aromatic nitrogens is 6. The molecule has 1 atom stereocenters. The number of rotatable bonds is 6. The van der Waals surface area contributed by atoms with Crippen molar-refractivity contribution in [3.05, 3.63) is 53.9 Å². The molecule has 2 aromatic carbocycles. The number of hydrogen-bond donors (Lipinski definition) is 0. The van der Waals surface area contributed by atoms with E-state index in [4.69, 9.17) is 4.74 Å². The molecule has 0 aliphatic heterocycles. The SMILES string of the molecule is COc1ccc(C)cc1-n1nnnc1S[C@H](C)c1nc2ccccc2n1C(F)F. The van der Waals surface area contributed by atoms with Crippen molar-refractivity contribution in [2.75, 3.05) is 7.11 Å². The number of nitrogens with zero attached hydrogens (tertiary/aromatic N) is 6. The van der Waals surface area contributed by atoms with Crippen LogP contribution in [-0.2, 0) is 0 Å². The van der Waals surface area contributed by atoms with Gasteiger partial charge in [0.15, 0.2) is 0 Å². The Morgan fingerprint density at radius 2 is 1.93 bits per heavy atom. The van der Waals surface area contributed by atoms with Gasteiger partial charge < -0.3 is 4.74 Å². The van der Waals surface area contributed by atoms with Crippen LogP contribution in [0.5, 0.6) is 5.75 Å². The van der Waals surface area contributed by atoms with Crippen LogP contribution < -0.4 is 4.74 Å². The molecule has 4 rings (SSSR count). The Kier molecular flexibility index (Phi) is 5.18. The summed E-state index contributed by atoms with van der Waals surface area (Å²) >= 11 is 1.25. The van der Waals surface area contributed by atoms with Gasteiger partial charge in [-0.25, -0.2) is 4.98 Å². The third-order valence-corrected chi connectivity index (χ3v) is 5.50. The summed E-state index contributed by atoms with van der Waals surface area (Å²) in [6.45, 7) is 1.05. The number of halogens is 2. The molecule has 0 fully saturated rings. The van der Waals surface area contributed by atoms with E-state index >= 15 is 0 Å². The van der Waals surface area contributed by atoms with Crippen LogP contribution in [0.3, 0.4) is 0 Å². The van der Waals surface area contributed by atoms with E-state index < -0.39 is 11.8 Å². The molecule has 4 aromatic rings. The minimum atomic E-state index is -2.70. The van der Waals surface area contributed by atoms with Crippen LogP contribution in [0.15, 0.2) is 47.6 Å². The maximum Gasteiger partial charge on any atom is 0.320 e. The van der Waals surface area contributed by atoms with Crippen LogP contribution in [0.25, 0.3) is 16.7 Å². The third-order valence-electron chi connectivity index (χ3n) is 4.47. The molecule has 2 aromatic heterocycles. The smallest absolute Gasteiger partial charge is 0.320 e. The quantitative estimate of drug-likeness (QED) is 0.429. The molecule has 0 aliphatic rings.